The average Bonchev–Trinajstić information content (AvgIpc) is 2.43. The molecule has 0 bridgehead atoms. The minimum atomic E-state index is 0.438. The van der Waals surface area contributed by atoms with E-state index in [2.05, 4.69) is 37.0 Å². The molecule has 0 heterocycles. The lowest BCUT2D eigenvalue weighted by molar-refractivity contribution is 0.411. The van der Waals surface area contributed by atoms with E-state index in [1.807, 2.05) is 13.1 Å². The molecule has 0 aromatic heterocycles. The number of hydrogen-bond acceptors (Lipinski definition) is 2. The van der Waals surface area contributed by atoms with E-state index in [1.54, 1.807) is 7.11 Å². The number of benzene rings is 1. The number of rotatable bonds is 9. The van der Waals surface area contributed by atoms with Crippen molar-refractivity contribution < 1.29 is 4.74 Å². The van der Waals surface area contributed by atoms with Crippen LogP contribution in [0.15, 0.2) is 30.9 Å². The lowest BCUT2D eigenvalue weighted by atomic mass is 9.98. The van der Waals surface area contributed by atoms with Crippen molar-refractivity contribution >= 4 is 0 Å². The van der Waals surface area contributed by atoms with Gasteiger partial charge in [0.25, 0.3) is 0 Å². The zero-order chi connectivity index (χ0) is 14.1. The highest BCUT2D eigenvalue weighted by Gasteiger charge is 2.10. The van der Waals surface area contributed by atoms with Gasteiger partial charge in [0, 0.05) is 6.04 Å². The molecule has 0 amide bonds. The molecule has 1 aromatic rings. The van der Waals surface area contributed by atoms with Crippen LogP contribution in [0.25, 0.3) is 0 Å². The average molecular weight is 261 g/mol. The maximum Gasteiger partial charge on any atom is 0.121 e. The maximum atomic E-state index is 5.31. The Kier molecular flexibility index (Phi) is 7.27. The van der Waals surface area contributed by atoms with Crippen molar-refractivity contribution in [2.24, 2.45) is 0 Å². The standard InChI is InChI=1S/C17H27NO/c1-5-6-7-8-9-10-16(18-3)15-11-12-17(19-4)14(2)13-15/h5,11-13,16,18H,1,6-10H2,2-4H3. The Hall–Kier alpha value is -1.28. The van der Waals surface area contributed by atoms with Gasteiger partial charge in [-0.1, -0.05) is 31.1 Å². The molecule has 1 aromatic carbocycles. The summed E-state index contributed by atoms with van der Waals surface area (Å²) in [5.41, 5.74) is 2.55. The first-order chi connectivity index (χ1) is 9.22. The maximum absolute atomic E-state index is 5.31. The molecule has 1 atom stereocenters. The molecule has 1 N–H and O–H groups in total. The zero-order valence-corrected chi connectivity index (χ0v) is 12.5. The van der Waals surface area contributed by atoms with E-state index in [0.29, 0.717) is 6.04 Å². The van der Waals surface area contributed by atoms with Crippen LogP contribution < -0.4 is 10.1 Å². The molecular weight excluding hydrogens is 234 g/mol. The van der Waals surface area contributed by atoms with Crippen LogP contribution in [0.1, 0.15) is 49.3 Å². The van der Waals surface area contributed by atoms with Gasteiger partial charge >= 0.3 is 0 Å². The Labute approximate surface area is 117 Å². The van der Waals surface area contributed by atoms with Crippen LogP contribution in [0.3, 0.4) is 0 Å². The van der Waals surface area contributed by atoms with Crippen molar-refractivity contribution in [2.45, 2.75) is 45.1 Å². The van der Waals surface area contributed by atoms with Crippen LogP contribution in [0.4, 0.5) is 0 Å². The summed E-state index contributed by atoms with van der Waals surface area (Å²) in [5, 5.41) is 3.41. The van der Waals surface area contributed by atoms with Crippen molar-refractivity contribution in [3.63, 3.8) is 0 Å². The first-order valence-electron chi connectivity index (χ1n) is 7.15. The molecule has 0 fully saturated rings. The first kappa shape index (κ1) is 15.8. The van der Waals surface area contributed by atoms with Crippen molar-refractivity contribution in [3.05, 3.63) is 42.0 Å². The van der Waals surface area contributed by atoms with E-state index in [1.165, 1.54) is 36.8 Å². The van der Waals surface area contributed by atoms with E-state index >= 15 is 0 Å². The van der Waals surface area contributed by atoms with Crippen LogP contribution in [-0.4, -0.2) is 14.2 Å². The Balaban J connectivity index is 2.54. The van der Waals surface area contributed by atoms with Crippen LogP contribution >= 0.6 is 0 Å². The number of nitrogens with one attached hydrogen (secondary N) is 1. The minimum absolute atomic E-state index is 0.438. The zero-order valence-electron chi connectivity index (χ0n) is 12.5. The fourth-order valence-corrected chi connectivity index (χ4v) is 2.41. The second-order valence-electron chi connectivity index (χ2n) is 5.00. The van der Waals surface area contributed by atoms with Crippen molar-refractivity contribution in [3.8, 4) is 5.75 Å². The highest BCUT2D eigenvalue weighted by Crippen LogP contribution is 2.25. The predicted octanol–water partition coefficient (Wildman–Crippen LogP) is 4.40. The van der Waals surface area contributed by atoms with Gasteiger partial charge < -0.3 is 10.1 Å². The van der Waals surface area contributed by atoms with Gasteiger partial charge in [0.1, 0.15) is 5.75 Å². The molecule has 0 spiro atoms. The van der Waals surface area contributed by atoms with Gasteiger partial charge in [0.15, 0.2) is 0 Å². The summed E-state index contributed by atoms with van der Waals surface area (Å²) in [6.45, 7) is 5.86. The number of hydrogen-bond donors (Lipinski definition) is 1. The molecule has 2 heteroatoms. The molecule has 19 heavy (non-hydrogen) atoms. The SMILES string of the molecule is C=CCCCCCC(NC)c1ccc(OC)c(C)c1. The summed E-state index contributed by atoms with van der Waals surface area (Å²) < 4.78 is 5.31. The van der Waals surface area contributed by atoms with E-state index < -0.39 is 0 Å². The number of ether oxygens (including phenoxy) is 1. The highest BCUT2D eigenvalue weighted by atomic mass is 16.5. The van der Waals surface area contributed by atoms with Crippen molar-refractivity contribution in [2.75, 3.05) is 14.2 Å². The van der Waals surface area contributed by atoms with Gasteiger partial charge in [-0.15, -0.1) is 6.58 Å². The van der Waals surface area contributed by atoms with Crippen LogP contribution in [0.5, 0.6) is 5.75 Å². The number of methoxy groups -OCH3 is 1. The van der Waals surface area contributed by atoms with Crippen LogP contribution in [0, 0.1) is 6.92 Å². The van der Waals surface area contributed by atoms with Crippen molar-refractivity contribution in [1.82, 2.24) is 5.32 Å². The Bertz CT molecular complexity index is 387. The lowest BCUT2D eigenvalue weighted by Gasteiger charge is -2.18. The Morgan fingerprint density at radius 3 is 2.68 bits per heavy atom. The summed E-state index contributed by atoms with van der Waals surface area (Å²) in [5.74, 6) is 0.963. The summed E-state index contributed by atoms with van der Waals surface area (Å²) in [6, 6.07) is 6.89. The molecule has 1 rings (SSSR count). The Morgan fingerprint density at radius 2 is 2.11 bits per heavy atom. The van der Waals surface area contributed by atoms with Gasteiger partial charge in [-0.3, -0.25) is 0 Å². The third-order valence-electron chi connectivity index (χ3n) is 3.57. The molecule has 0 aliphatic heterocycles. The summed E-state index contributed by atoms with van der Waals surface area (Å²) >= 11 is 0. The highest BCUT2D eigenvalue weighted by molar-refractivity contribution is 5.37. The number of unbranched alkanes of at least 4 members (excludes halogenated alkanes) is 3. The Morgan fingerprint density at radius 1 is 1.32 bits per heavy atom. The van der Waals surface area contributed by atoms with Crippen molar-refractivity contribution in [1.29, 1.82) is 0 Å². The number of aryl methyl sites for hydroxylation is 1. The summed E-state index contributed by atoms with van der Waals surface area (Å²) in [6.07, 6.45) is 8.10. The quantitative estimate of drug-likeness (QED) is 0.525. The van der Waals surface area contributed by atoms with Crippen LogP contribution in [0.2, 0.25) is 0 Å². The third-order valence-corrected chi connectivity index (χ3v) is 3.57. The molecule has 0 aliphatic rings. The molecule has 0 radical (unpaired) electrons. The monoisotopic (exact) mass is 261 g/mol. The number of allylic oxidation sites excluding steroid dienone is 1. The smallest absolute Gasteiger partial charge is 0.121 e. The van der Waals surface area contributed by atoms with E-state index in [0.717, 1.165) is 12.2 Å². The second kappa shape index (κ2) is 8.76. The van der Waals surface area contributed by atoms with Crippen LogP contribution in [-0.2, 0) is 0 Å². The normalized spacial score (nSPS) is 12.2. The molecule has 0 saturated heterocycles. The summed E-state index contributed by atoms with van der Waals surface area (Å²) in [7, 11) is 3.76. The van der Waals surface area contributed by atoms with Gasteiger partial charge in [0.2, 0.25) is 0 Å². The van der Waals surface area contributed by atoms with Gasteiger partial charge in [0.05, 0.1) is 7.11 Å². The molecule has 0 aliphatic carbocycles. The minimum Gasteiger partial charge on any atom is -0.496 e. The summed E-state index contributed by atoms with van der Waals surface area (Å²) in [4.78, 5) is 0. The third kappa shape index (κ3) is 5.07. The fourth-order valence-electron chi connectivity index (χ4n) is 2.41. The van der Waals surface area contributed by atoms with E-state index in [-0.39, 0.29) is 0 Å². The molecule has 2 nitrogen and oxygen atoms in total. The largest absolute Gasteiger partial charge is 0.496 e. The molecule has 1 unspecified atom stereocenters. The van der Waals surface area contributed by atoms with Gasteiger partial charge in [-0.25, -0.2) is 0 Å². The molecular formula is C17H27NO. The topological polar surface area (TPSA) is 21.3 Å². The predicted molar refractivity (Wildman–Crippen MR) is 82.8 cm³/mol. The second-order valence-corrected chi connectivity index (χ2v) is 5.00. The van der Waals surface area contributed by atoms with E-state index in [4.69, 9.17) is 4.74 Å². The van der Waals surface area contributed by atoms with E-state index in [9.17, 15) is 0 Å². The first-order valence-corrected chi connectivity index (χ1v) is 7.15. The molecule has 106 valence electrons. The van der Waals surface area contributed by atoms with Gasteiger partial charge in [-0.05, 0) is 50.4 Å². The lowest BCUT2D eigenvalue weighted by Crippen LogP contribution is -2.16. The molecule has 0 saturated carbocycles. The van der Waals surface area contributed by atoms with Gasteiger partial charge in [-0.2, -0.15) is 0 Å². The fraction of sp³-hybridized carbons (Fsp3) is 0.529.